The van der Waals surface area contributed by atoms with Crippen molar-refractivity contribution in [3.8, 4) is 0 Å². The van der Waals surface area contributed by atoms with Gasteiger partial charge in [0.15, 0.2) is 0 Å². The molecule has 0 radical (unpaired) electrons. The molecule has 0 aromatic carbocycles. The lowest BCUT2D eigenvalue weighted by Crippen LogP contribution is -1.70. The quantitative estimate of drug-likeness (QED) is 0.515. The van der Waals surface area contributed by atoms with Gasteiger partial charge in [-0.3, -0.25) is 9.50 Å². The van der Waals surface area contributed by atoms with Gasteiger partial charge in [0.2, 0.25) is 0 Å². The Bertz CT molecular complexity index is 54.1. The van der Waals surface area contributed by atoms with E-state index in [-0.39, 0.29) is 11.2 Å². The van der Waals surface area contributed by atoms with E-state index in [0.29, 0.717) is 0 Å². The summed E-state index contributed by atoms with van der Waals surface area (Å²) in [5, 5.41) is 6.89. The Hall–Kier alpha value is -0.600. The first-order valence-electron chi connectivity index (χ1n) is 3.91. The van der Waals surface area contributed by atoms with Gasteiger partial charge in [-0.1, -0.05) is 46.0 Å². The van der Waals surface area contributed by atoms with Gasteiger partial charge in [-0.15, -0.1) is 0 Å². The molecule has 0 saturated heterocycles. The zero-order valence-corrected chi connectivity index (χ0v) is 7.38. The van der Waals surface area contributed by atoms with Crippen molar-refractivity contribution in [1.29, 1.82) is 0 Å². The van der Waals surface area contributed by atoms with E-state index in [9.17, 15) is 0 Å². The van der Waals surface area contributed by atoms with Crippen molar-refractivity contribution < 1.29 is 14.6 Å². The van der Waals surface area contributed by atoms with Crippen LogP contribution in [0.2, 0.25) is 0 Å². The van der Waals surface area contributed by atoms with E-state index in [1.165, 1.54) is 32.1 Å². The molecule has 0 bridgehead atoms. The van der Waals surface area contributed by atoms with E-state index < -0.39 is 0 Å². The summed E-state index contributed by atoms with van der Waals surface area (Å²) in [6.45, 7) is 4.24. The molecule has 0 aromatic rings. The smallest absolute Gasteiger partial charge is 0.290 e. The number of hydrogen-bond donors (Lipinski definition) is 1. The predicted molar refractivity (Wildman–Crippen MR) is 45.6 cm³/mol. The van der Waals surface area contributed by atoms with E-state index in [1.807, 2.05) is 0 Å². The van der Waals surface area contributed by atoms with E-state index in [2.05, 4.69) is 13.8 Å². The molecule has 0 aliphatic rings. The lowest BCUT2D eigenvalue weighted by atomic mass is 10.2. The highest BCUT2D eigenvalue weighted by Gasteiger charge is 1.80. The van der Waals surface area contributed by atoms with Crippen LogP contribution in [0.3, 0.4) is 0 Å². The van der Waals surface area contributed by atoms with Crippen molar-refractivity contribution in [3.63, 3.8) is 0 Å². The normalized spacial score (nSPS) is 7.09. The fourth-order valence-electron chi connectivity index (χ4n) is 0.677. The highest BCUT2D eigenvalue weighted by atomic mass is 19.0. The lowest BCUT2D eigenvalue weighted by Gasteiger charge is -1.90. The van der Waals surface area contributed by atoms with Crippen LogP contribution in [-0.4, -0.2) is 11.6 Å². The second kappa shape index (κ2) is 22.7. The molecule has 0 heterocycles. The van der Waals surface area contributed by atoms with Crippen molar-refractivity contribution in [2.75, 3.05) is 0 Å². The molecule has 1 N–H and O–H groups in total. The third-order valence-electron chi connectivity index (χ3n) is 1.21. The molecule has 3 heteroatoms. The molecule has 0 rings (SSSR count). The van der Waals surface area contributed by atoms with Crippen LogP contribution >= 0.6 is 0 Å². The van der Waals surface area contributed by atoms with Crippen LogP contribution in [0.25, 0.3) is 0 Å². The SMILES string of the molecule is CCCCCCC.F.O=CO. The maximum absolute atomic E-state index is 8.36. The fraction of sp³-hybridized carbons (Fsp3) is 0.875. The van der Waals surface area contributed by atoms with Gasteiger partial charge in [-0.25, -0.2) is 0 Å². The summed E-state index contributed by atoms with van der Waals surface area (Å²) < 4.78 is 0. The van der Waals surface area contributed by atoms with Gasteiger partial charge in [0, 0.05) is 0 Å². The molecular weight excluding hydrogens is 147 g/mol. The number of carboxylic acid groups (broad SMARTS) is 1. The molecule has 0 fully saturated rings. The molecular formula is C8H19FO2. The number of carbonyl (C=O) groups is 1. The van der Waals surface area contributed by atoms with Crippen molar-refractivity contribution in [1.82, 2.24) is 0 Å². The van der Waals surface area contributed by atoms with Crippen LogP contribution in [0, 0.1) is 0 Å². The summed E-state index contributed by atoms with van der Waals surface area (Å²) in [6, 6.07) is 0. The number of halogens is 1. The van der Waals surface area contributed by atoms with Crippen LogP contribution < -0.4 is 0 Å². The molecule has 0 aliphatic carbocycles. The molecule has 70 valence electrons. The highest BCUT2D eigenvalue weighted by Crippen LogP contribution is 2.00. The number of hydrogen-bond acceptors (Lipinski definition) is 1. The van der Waals surface area contributed by atoms with Gasteiger partial charge in [0.05, 0.1) is 0 Å². The van der Waals surface area contributed by atoms with Crippen molar-refractivity contribution in [3.05, 3.63) is 0 Å². The zero-order valence-electron chi connectivity index (χ0n) is 7.38. The van der Waals surface area contributed by atoms with Crippen molar-refractivity contribution in [2.45, 2.75) is 46.0 Å². The Kier molecular flexibility index (Phi) is 34.7. The average molecular weight is 166 g/mol. The fourth-order valence-corrected chi connectivity index (χ4v) is 0.677. The third-order valence-corrected chi connectivity index (χ3v) is 1.21. The molecule has 0 amide bonds. The molecule has 0 aromatic heterocycles. The summed E-state index contributed by atoms with van der Waals surface area (Å²) in [4.78, 5) is 8.36. The van der Waals surface area contributed by atoms with Crippen LogP contribution in [0.1, 0.15) is 46.0 Å². The van der Waals surface area contributed by atoms with Crippen molar-refractivity contribution >= 4 is 6.47 Å². The largest absolute Gasteiger partial charge is 0.483 e. The maximum atomic E-state index is 8.36. The Morgan fingerprint density at radius 3 is 1.55 bits per heavy atom. The third kappa shape index (κ3) is 44.5. The van der Waals surface area contributed by atoms with Crippen LogP contribution in [0.15, 0.2) is 0 Å². The van der Waals surface area contributed by atoms with Gasteiger partial charge in [0.1, 0.15) is 0 Å². The molecule has 0 spiro atoms. The second-order valence-corrected chi connectivity index (χ2v) is 2.17. The predicted octanol–water partition coefficient (Wildman–Crippen LogP) is 2.83. The van der Waals surface area contributed by atoms with Crippen molar-refractivity contribution in [2.24, 2.45) is 0 Å². The van der Waals surface area contributed by atoms with Crippen LogP contribution in [0.5, 0.6) is 0 Å². The average Bonchev–Trinajstić information content (AvgIpc) is 1.91. The van der Waals surface area contributed by atoms with Gasteiger partial charge in [-0.2, -0.15) is 0 Å². The van der Waals surface area contributed by atoms with Gasteiger partial charge < -0.3 is 5.11 Å². The number of unbranched alkanes of at least 4 members (excludes halogenated alkanes) is 4. The van der Waals surface area contributed by atoms with E-state index >= 15 is 0 Å². The van der Waals surface area contributed by atoms with E-state index in [4.69, 9.17) is 9.90 Å². The van der Waals surface area contributed by atoms with E-state index in [0.717, 1.165) is 0 Å². The molecule has 0 unspecified atom stereocenters. The summed E-state index contributed by atoms with van der Waals surface area (Å²) >= 11 is 0. The zero-order chi connectivity index (χ0) is 8.24. The Balaban J connectivity index is -0.000000140. The summed E-state index contributed by atoms with van der Waals surface area (Å²) in [5.74, 6) is 0. The van der Waals surface area contributed by atoms with Gasteiger partial charge in [0.25, 0.3) is 6.47 Å². The maximum Gasteiger partial charge on any atom is 0.290 e. The molecule has 0 atom stereocenters. The van der Waals surface area contributed by atoms with Crippen LogP contribution in [-0.2, 0) is 4.79 Å². The standard InChI is InChI=1S/C7H16.CH2O2.FH/c1-3-5-7-6-4-2;2-1-3;/h3-7H2,1-2H3;1H,(H,2,3);1H. The second-order valence-electron chi connectivity index (χ2n) is 2.17. The Labute approximate surface area is 68.0 Å². The molecule has 2 nitrogen and oxygen atoms in total. The Morgan fingerprint density at radius 1 is 1.09 bits per heavy atom. The molecule has 0 saturated carbocycles. The molecule has 0 aliphatic heterocycles. The topological polar surface area (TPSA) is 37.3 Å². The van der Waals surface area contributed by atoms with Crippen LogP contribution in [0.4, 0.5) is 4.70 Å². The van der Waals surface area contributed by atoms with Gasteiger partial charge >= 0.3 is 0 Å². The number of rotatable bonds is 4. The first kappa shape index (κ1) is 16.8. The first-order valence-corrected chi connectivity index (χ1v) is 3.91. The minimum Gasteiger partial charge on any atom is -0.483 e. The minimum atomic E-state index is -0.250. The lowest BCUT2D eigenvalue weighted by molar-refractivity contribution is -0.122. The summed E-state index contributed by atoms with van der Waals surface area (Å²) in [6.07, 6.45) is 7.01. The van der Waals surface area contributed by atoms with Gasteiger partial charge in [-0.05, 0) is 0 Å². The van der Waals surface area contributed by atoms with E-state index in [1.54, 1.807) is 0 Å². The summed E-state index contributed by atoms with van der Waals surface area (Å²) in [5.41, 5.74) is 0. The highest BCUT2D eigenvalue weighted by molar-refractivity contribution is 5.32. The monoisotopic (exact) mass is 166 g/mol. The Morgan fingerprint density at radius 2 is 1.36 bits per heavy atom. The minimum absolute atomic E-state index is 0. The first-order chi connectivity index (χ1) is 4.83. The molecule has 11 heavy (non-hydrogen) atoms. The summed E-state index contributed by atoms with van der Waals surface area (Å²) in [7, 11) is 0.